The summed E-state index contributed by atoms with van der Waals surface area (Å²) >= 11 is 0. The second-order valence-electron chi connectivity index (χ2n) is 7.64. The van der Waals surface area contributed by atoms with Crippen LogP contribution in [0.15, 0.2) is 110 Å². The molecule has 0 aliphatic heterocycles. The van der Waals surface area contributed by atoms with Crippen LogP contribution in [0.3, 0.4) is 0 Å². The number of nitrogens with one attached hydrogen (secondary N) is 1. The van der Waals surface area contributed by atoms with Crippen LogP contribution in [0.5, 0.6) is 0 Å². The van der Waals surface area contributed by atoms with E-state index < -0.39 is 11.6 Å². The molecule has 0 aliphatic carbocycles. The van der Waals surface area contributed by atoms with Gasteiger partial charge in [0.25, 0.3) is 0 Å². The maximum absolute atomic E-state index is 12.9. The average Bonchev–Trinajstić information content (AvgIpc) is 2.89. The van der Waals surface area contributed by atoms with Gasteiger partial charge in [-0.15, -0.1) is 0 Å². The van der Waals surface area contributed by atoms with Gasteiger partial charge in [-0.05, 0) is 23.3 Å². The van der Waals surface area contributed by atoms with Crippen LogP contribution in [-0.2, 0) is 21.7 Å². The van der Waals surface area contributed by atoms with Gasteiger partial charge in [0.15, 0.2) is 0 Å². The Morgan fingerprint density at radius 3 is 1.97 bits per heavy atom. The van der Waals surface area contributed by atoms with E-state index in [0.717, 1.165) is 11.1 Å². The molecule has 0 saturated heterocycles. The zero-order valence-corrected chi connectivity index (χ0v) is 18.0. The summed E-state index contributed by atoms with van der Waals surface area (Å²) < 4.78 is 5.62. The minimum absolute atomic E-state index is 0.144. The topological polar surface area (TPSA) is 84.3 Å². The molecule has 0 spiro atoms. The molecule has 0 unspecified atom stereocenters. The lowest BCUT2D eigenvalue weighted by atomic mass is 9.78. The first kappa shape index (κ1) is 22.3. The van der Waals surface area contributed by atoms with Gasteiger partial charge in [0.2, 0.25) is 5.91 Å². The average molecular weight is 440 g/mol. The molecule has 33 heavy (non-hydrogen) atoms. The van der Waals surface area contributed by atoms with Crippen LogP contribution in [0.25, 0.3) is 0 Å². The molecule has 6 nitrogen and oxygen atoms in total. The molecular formula is C27H25N3O3. The lowest BCUT2D eigenvalue weighted by Crippen LogP contribution is -2.46. The number of amides is 1. The molecule has 0 fully saturated rings. The zero-order valence-electron chi connectivity index (χ0n) is 18.0. The van der Waals surface area contributed by atoms with E-state index in [4.69, 9.17) is 4.74 Å². The fourth-order valence-electron chi connectivity index (χ4n) is 3.79. The Hall–Kier alpha value is -3.87. The molecule has 4 aromatic rings. The molecule has 166 valence electrons. The quantitative estimate of drug-likeness (QED) is 0.415. The molecule has 6 heteroatoms. The number of hydrogen-bond acceptors (Lipinski definition) is 5. The number of carbonyl (C=O) groups excluding carboxylic acids is 1. The fraction of sp³-hybridized carbons (Fsp3) is 0.148. The Kier molecular flexibility index (Phi) is 7.19. The zero-order chi connectivity index (χ0) is 22.9. The second kappa shape index (κ2) is 10.6. The predicted octanol–water partition coefficient (Wildman–Crippen LogP) is 3.79. The van der Waals surface area contributed by atoms with Gasteiger partial charge in [0, 0.05) is 35.9 Å². The number of ether oxygens (including phenoxy) is 1. The highest BCUT2D eigenvalue weighted by molar-refractivity contribution is 5.78. The van der Waals surface area contributed by atoms with Gasteiger partial charge in [-0.2, -0.15) is 0 Å². The molecule has 2 aromatic heterocycles. The first-order chi connectivity index (χ1) is 16.2. The van der Waals surface area contributed by atoms with Gasteiger partial charge in [-0.1, -0.05) is 72.8 Å². The van der Waals surface area contributed by atoms with Crippen LogP contribution in [-0.4, -0.2) is 27.6 Å². The largest absolute Gasteiger partial charge is 0.378 e. The van der Waals surface area contributed by atoms with Crippen molar-refractivity contribution in [3.05, 3.63) is 132 Å². The maximum atomic E-state index is 12.9. The highest BCUT2D eigenvalue weighted by Gasteiger charge is 2.42. The van der Waals surface area contributed by atoms with Crippen LogP contribution < -0.4 is 5.32 Å². The van der Waals surface area contributed by atoms with E-state index in [1.807, 2.05) is 60.7 Å². The van der Waals surface area contributed by atoms with E-state index in [9.17, 15) is 9.90 Å². The number of rotatable bonds is 9. The monoisotopic (exact) mass is 439 g/mol. The summed E-state index contributed by atoms with van der Waals surface area (Å²) in [7, 11) is 0. The second-order valence-corrected chi connectivity index (χ2v) is 7.64. The molecule has 2 heterocycles. The highest BCUT2D eigenvalue weighted by Crippen LogP contribution is 2.40. The first-order valence-corrected chi connectivity index (χ1v) is 10.7. The Labute approximate surface area is 192 Å². The van der Waals surface area contributed by atoms with E-state index in [1.54, 1.807) is 49.1 Å². The van der Waals surface area contributed by atoms with Crippen molar-refractivity contribution in [3.63, 3.8) is 0 Å². The van der Waals surface area contributed by atoms with Crippen molar-refractivity contribution in [2.75, 3.05) is 6.61 Å². The third kappa shape index (κ3) is 5.31. The molecular weight excluding hydrogens is 414 g/mol. The summed E-state index contributed by atoms with van der Waals surface area (Å²) in [6.07, 6.45) is 6.48. The van der Waals surface area contributed by atoms with Gasteiger partial charge in [0.05, 0.1) is 12.6 Å². The molecule has 2 N–H and O–H groups in total. The number of aromatic nitrogens is 2. The van der Waals surface area contributed by atoms with Crippen LogP contribution in [0.4, 0.5) is 0 Å². The molecule has 0 aliphatic rings. The van der Waals surface area contributed by atoms with Gasteiger partial charge in [0.1, 0.15) is 12.2 Å². The Balaban J connectivity index is 1.64. The summed E-state index contributed by atoms with van der Waals surface area (Å²) in [5.74, 6) is -0.342. The first-order valence-electron chi connectivity index (χ1n) is 10.7. The molecule has 4 rings (SSSR count). The molecule has 1 atom stereocenters. The molecule has 0 saturated carbocycles. The minimum atomic E-state index is -1.61. The lowest BCUT2D eigenvalue weighted by molar-refractivity contribution is -0.128. The third-order valence-corrected chi connectivity index (χ3v) is 5.40. The number of hydrogen-bond donors (Lipinski definition) is 2. The van der Waals surface area contributed by atoms with Crippen LogP contribution >= 0.6 is 0 Å². The van der Waals surface area contributed by atoms with E-state index in [2.05, 4.69) is 15.3 Å². The smallest absolute Gasteiger partial charge is 0.246 e. The number of pyridine rings is 2. The lowest BCUT2D eigenvalue weighted by Gasteiger charge is -2.37. The molecule has 0 bridgehead atoms. The fourth-order valence-corrected chi connectivity index (χ4v) is 3.79. The van der Waals surface area contributed by atoms with E-state index in [-0.39, 0.29) is 12.5 Å². The summed E-state index contributed by atoms with van der Waals surface area (Å²) in [5.41, 5.74) is 1.19. The van der Waals surface area contributed by atoms with Gasteiger partial charge in [-0.3, -0.25) is 14.8 Å². The van der Waals surface area contributed by atoms with E-state index in [1.165, 1.54) is 0 Å². The summed E-state index contributed by atoms with van der Waals surface area (Å²) in [5, 5.41) is 15.2. The summed E-state index contributed by atoms with van der Waals surface area (Å²) in [4.78, 5) is 21.3. The summed E-state index contributed by atoms with van der Waals surface area (Å²) in [6, 6.07) is 25.3. The van der Waals surface area contributed by atoms with Crippen molar-refractivity contribution in [2.45, 2.75) is 18.2 Å². The molecule has 2 aromatic carbocycles. The maximum Gasteiger partial charge on any atom is 0.246 e. The van der Waals surface area contributed by atoms with E-state index >= 15 is 0 Å². The van der Waals surface area contributed by atoms with Crippen LogP contribution in [0, 0.1) is 0 Å². The Morgan fingerprint density at radius 1 is 0.848 bits per heavy atom. The number of aliphatic hydroxyl groups is 1. The standard InChI is InChI=1S/C27H25N3O3/c31-25(20-33-19-21-9-3-1-4-10-21)30-26(22-11-5-2-6-12-22)27(32,23-13-7-15-28-17-23)24-14-8-16-29-18-24/h1-18,26,32H,19-20H2,(H,30,31)/t26-/m1/s1. The number of carbonyl (C=O) groups is 1. The summed E-state index contributed by atoms with van der Waals surface area (Å²) in [6.45, 7) is 0.175. The van der Waals surface area contributed by atoms with E-state index in [0.29, 0.717) is 17.7 Å². The minimum Gasteiger partial charge on any atom is -0.378 e. The van der Waals surface area contributed by atoms with Gasteiger partial charge < -0.3 is 15.2 Å². The van der Waals surface area contributed by atoms with Gasteiger partial charge >= 0.3 is 0 Å². The van der Waals surface area contributed by atoms with Crippen molar-refractivity contribution in [1.82, 2.24) is 15.3 Å². The van der Waals surface area contributed by atoms with Gasteiger partial charge in [-0.25, -0.2) is 0 Å². The predicted molar refractivity (Wildman–Crippen MR) is 125 cm³/mol. The Morgan fingerprint density at radius 2 is 1.42 bits per heavy atom. The van der Waals surface area contributed by atoms with Crippen LogP contribution in [0.1, 0.15) is 28.3 Å². The van der Waals surface area contributed by atoms with Crippen molar-refractivity contribution in [1.29, 1.82) is 0 Å². The number of benzene rings is 2. The van der Waals surface area contributed by atoms with Crippen molar-refractivity contribution >= 4 is 5.91 Å². The Bertz CT molecular complexity index is 1100. The molecule has 1 amide bonds. The highest BCUT2D eigenvalue weighted by atomic mass is 16.5. The molecule has 0 radical (unpaired) electrons. The van der Waals surface area contributed by atoms with Crippen molar-refractivity contribution in [3.8, 4) is 0 Å². The van der Waals surface area contributed by atoms with Crippen LogP contribution in [0.2, 0.25) is 0 Å². The van der Waals surface area contributed by atoms with Crippen molar-refractivity contribution < 1.29 is 14.6 Å². The SMILES string of the molecule is O=C(COCc1ccccc1)N[C@H](c1ccccc1)C(O)(c1cccnc1)c1cccnc1. The normalized spacial score (nSPS) is 12.2. The third-order valence-electron chi connectivity index (χ3n) is 5.40. The van der Waals surface area contributed by atoms with Crippen molar-refractivity contribution in [2.24, 2.45) is 0 Å². The number of nitrogens with zero attached hydrogens (tertiary/aromatic N) is 2.